The van der Waals surface area contributed by atoms with Crippen molar-refractivity contribution >= 4 is 38.7 Å². The van der Waals surface area contributed by atoms with Gasteiger partial charge in [-0.25, -0.2) is 13.4 Å². The molecule has 0 spiro atoms. The molecule has 1 heterocycles. The summed E-state index contributed by atoms with van der Waals surface area (Å²) < 4.78 is 29.3. The molecule has 7 nitrogen and oxygen atoms in total. The minimum Gasteiger partial charge on any atom is -0.337 e. The van der Waals surface area contributed by atoms with E-state index >= 15 is 0 Å². The summed E-state index contributed by atoms with van der Waals surface area (Å²) >= 11 is 1.42. The number of imidazole rings is 1. The Labute approximate surface area is 191 Å². The second-order valence-electron chi connectivity index (χ2n) is 8.07. The Kier molecular flexibility index (Phi) is 8.58. The Bertz CT molecular complexity index is 1000. The number of rotatable bonds is 10. The number of fused-ring (bicyclic) bond motifs is 1. The van der Waals surface area contributed by atoms with Gasteiger partial charge < -0.3 is 9.47 Å². The number of benzene rings is 1. The number of thioether (sulfide) groups is 1. The van der Waals surface area contributed by atoms with Crippen LogP contribution in [0.2, 0.25) is 0 Å². The van der Waals surface area contributed by atoms with Gasteiger partial charge in [0.2, 0.25) is 15.9 Å². The minimum absolute atomic E-state index is 0.0782. The Morgan fingerprint density at radius 1 is 1.06 bits per heavy atom. The molecular weight excluding hydrogens is 432 g/mol. The highest BCUT2D eigenvalue weighted by Crippen LogP contribution is 2.30. The van der Waals surface area contributed by atoms with Gasteiger partial charge in [0.1, 0.15) is 0 Å². The maximum atomic E-state index is 13.1. The standard InChI is InChI=1S/C22H36N4O3S2/c1-9-24(10-2)31(28,29)18-12-13-20-19(14-18)23-22(25(20)11-3)30-17(8)21(27)26(15(4)5)16(6)7/h12-17H,9-11H2,1-8H3. The highest BCUT2D eigenvalue weighted by Gasteiger charge is 2.28. The number of hydrogen-bond acceptors (Lipinski definition) is 5. The molecule has 0 saturated heterocycles. The Balaban J connectivity index is 2.43. The van der Waals surface area contributed by atoms with Crippen molar-refractivity contribution in [2.45, 2.75) is 89.3 Å². The maximum Gasteiger partial charge on any atom is 0.243 e. The highest BCUT2D eigenvalue weighted by atomic mass is 32.2. The number of amides is 1. The van der Waals surface area contributed by atoms with Gasteiger partial charge in [0.05, 0.1) is 21.2 Å². The van der Waals surface area contributed by atoms with E-state index in [-0.39, 0.29) is 28.1 Å². The van der Waals surface area contributed by atoms with Gasteiger partial charge in [0.25, 0.3) is 0 Å². The largest absolute Gasteiger partial charge is 0.337 e. The molecule has 0 N–H and O–H groups in total. The maximum absolute atomic E-state index is 13.1. The van der Waals surface area contributed by atoms with Crippen molar-refractivity contribution in [2.75, 3.05) is 13.1 Å². The molecule has 1 aromatic carbocycles. The van der Waals surface area contributed by atoms with Crippen LogP contribution in [0.4, 0.5) is 0 Å². The highest BCUT2D eigenvalue weighted by molar-refractivity contribution is 8.00. The summed E-state index contributed by atoms with van der Waals surface area (Å²) in [6, 6.07) is 5.33. The third-order valence-electron chi connectivity index (χ3n) is 5.34. The number of sulfonamides is 1. The van der Waals surface area contributed by atoms with Crippen LogP contribution in [0.5, 0.6) is 0 Å². The zero-order chi connectivity index (χ0) is 23.5. The quantitative estimate of drug-likeness (QED) is 0.488. The summed E-state index contributed by atoms with van der Waals surface area (Å²) in [4.78, 5) is 19.9. The van der Waals surface area contributed by atoms with Crippen LogP contribution >= 0.6 is 11.8 Å². The molecule has 0 aliphatic rings. The third kappa shape index (κ3) is 5.26. The topological polar surface area (TPSA) is 75.5 Å². The van der Waals surface area contributed by atoms with Crippen molar-refractivity contribution < 1.29 is 13.2 Å². The van der Waals surface area contributed by atoms with Gasteiger partial charge in [0, 0.05) is 31.7 Å². The van der Waals surface area contributed by atoms with Crippen molar-refractivity contribution in [3.63, 3.8) is 0 Å². The van der Waals surface area contributed by atoms with Crippen LogP contribution in [0, 0.1) is 0 Å². The fourth-order valence-corrected chi connectivity index (χ4v) is 6.40. The van der Waals surface area contributed by atoms with Gasteiger partial charge in [-0.05, 0) is 59.7 Å². The lowest BCUT2D eigenvalue weighted by Crippen LogP contribution is -2.45. The second kappa shape index (κ2) is 10.4. The van der Waals surface area contributed by atoms with E-state index in [2.05, 4.69) is 0 Å². The van der Waals surface area contributed by atoms with Crippen molar-refractivity contribution in [2.24, 2.45) is 0 Å². The molecule has 1 unspecified atom stereocenters. The first-order chi connectivity index (χ1) is 14.5. The molecule has 0 fully saturated rings. The SMILES string of the molecule is CCN(CC)S(=O)(=O)c1ccc2c(c1)nc(SC(C)C(=O)N(C(C)C)C(C)C)n2CC. The molecule has 1 aromatic heterocycles. The number of carbonyl (C=O) groups excluding carboxylic acids is 1. The Morgan fingerprint density at radius 3 is 2.13 bits per heavy atom. The van der Waals surface area contributed by atoms with Crippen LogP contribution in [0.15, 0.2) is 28.3 Å². The van der Waals surface area contributed by atoms with E-state index in [9.17, 15) is 13.2 Å². The zero-order valence-electron chi connectivity index (χ0n) is 19.9. The molecule has 0 bridgehead atoms. The fraction of sp³-hybridized carbons (Fsp3) is 0.636. The molecule has 0 aliphatic heterocycles. The first-order valence-electron chi connectivity index (χ1n) is 11.0. The van der Waals surface area contributed by atoms with Crippen molar-refractivity contribution in [1.82, 2.24) is 18.8 Å². The van der Waals surface area contributed by atoms with E-state index in [4.69, 9.17) is 4.98 Å². The van der Waals surface area contributed by atoms with Gasteiger partial charge in [-0.2, -0.15) is 4.31 Å². The van der Waals surface area contributed by atoms with Crippen LogP contribution in [-0.4, -0.2) is 63.5 Å². The predicted octanol–water partition coefficient (Wildman–Crippen LogP) is 4.21. The van der Waals surface area contributed by atoms with E-state index in [1.54, 1.807) is 12.1 Å². The van der Waals surface area contributed by atoms with Crippen LogP contribution in [0.3, 0.4) is 0 Å². The minimum atomic E-state index is -3.55. The molecule has 2 rings (SSSR count). The fourth-order valence-electron chi connectivity index (χ4n) is 3.88. The van der Waals surface area contributed by atoms with Crippen LogP contribution in [0.1, 0.15) is 55.4 Å². The second-order valence-corrected chi connectivity index (χ2v) is 11.3. The van der Waals surface area contributed by atoms with Gasteiger partial charge >= 0.3 is 0 Å². The first-order valence-corrected chi connectivity index (χ1v) is 13.3. The molecule has 0 aliphatic carbocycles. The molecule has 9 heteroatoms. The summed E-state index contributed by atoms with van der Waals surface area (Å²) in [6.07, 6.45) is 0. The van der Waals surface area contributed by atoms with E-state index < -0.39 is 10.0 Å². The molecule has 1 atom stereocenters. The zero-order valence-corrected chi connectivity index (χ0v) is 21.5. The normalized spacial score (nSPS) is 13.5. The first kappa shape index (κ1) is 25.7. The van der Waals surface area contributed by atoms with Crippen LogP contribution in [0.25, 0.3) is 11.0 Å². The summed E-state index contributed by atoms with van der Waals surface area (Å²) in [5.41, 5.74) is 1.49. The summed E-state index contributed by atoms with van der Waals surface area (Å²) in [5.74, 6) is 0.0782. The van der Waals surface area contributed by atoms with Crippen LogP contribution < -0.4 is 0 Å². The lowest BCUT2D eigenvalue weighted by atomic mass is 10.2. The molecule has 2 aromatic rings. The van der Waals surface area contributed by atoms with Crippen molar-refractivity contribution in [3.8, 4) is 0 Å². The monoisotopic (exact) mass is 468 g/mol. The van der Waals surface area contributed by atoms with Gasteiger partial charge in [0.15, 0.2) is 5.16 Å². The summed E-state index contributed by atoms with van der Waals surface area (Å²) in [7, 11) is -3.55. The molecule has 1 amide bonds. The van der Waals surface area contributed by atoms with E-state index in [0.29, 0.717) is 25.2 Å². The number of hydrogen-bond donors (Lipinski definition) is 0. The average Bonchev–Trinajstić information content (AvgIpc) is 3.03. The molecule has 31 heavy (non-hydrogen) atoms. The lowest BCUT2D eigenvalue weighted by molar-refractivity contribution is -0.133. The summed E-state index contributed by atoms with van der Waals surface area (Å²) in [5, 5.41) is 0.425. The molecular formula is C22H36N4O3S2. The Hall–Kier alpha value is -1.58. The molecule has 0 saturated carbocycles. The van der Waals surface area contributed by atoms with Crippen molar-refractivity contribution in [3.05, 3.63) is 18.2 Å². The van der Waals surface area contributed by atoms with Gasteiger partial charge in [-0.3, -0.25) is 4.79 Å². The molecule has 174 valence electrons. The number of aromatic nitrogens is 2. The van der Waals surface area contributed by atoms with E-state index in [0.717, 1.165) is 10.7 Å². The van der Waals surface area contributed by atoms with Gasteiger partial charge in [-0.15, -0.1) is 0 Å². The number of aryl methyl sites for hydroxylation is 1. The smallest absolute Gasteiger partial charge is 0.243 e. The van der Waals surface area contributed by atoms with Crippen LogP contribution in [-0.2, 0) is 21.4 Å². The predicted molar refractivity (Wildman–Crippen MR) is 128 cm³/mol. The number of nitrogens with zero attached hydrogens (tertiary/aromatic N) is 4. The number of carbonyl (C=O) groups is 1. The van der Waals surface area contributed by atoms with Gasteiger partial charge in [-0.1, -0.05) is 25.6 Å². The summed E-state index contributed by atoms with van der Waals surface area (Å²) in [6.45, 7) is 17.2. The third-order valence-corrected chi connectivity index (χ3v) is 8.46. The Morgan fingerprint density at radius 2 is 1.65 bits per heavy atom. The van der Waals surface area contributed by atoms with E-state index in [1.807, 2.05) is 70.9 Å². The lowest BCUT2D eigenvalue weighted by Gasteiger charge is -2.32. The molecule has 0 radical (unpaired) electrons. The average molecular weight is 469 g/mol. The van der Waals surface area contributed by atoms with E-state index in [1.165, 1.54) is 16.1 Å². The van der Waals surface area contributed by atoms with Crippen molar-refractivity contribution in [1.29, 1.82) is 0 Å².